The maximum absolute atomic E-state index is 12.6. The number of rotatable bonds is 1. The number of piperidine rings is 2. The molecule has 0 bridgehead atoms. The Balaban J connectivity index is 1.85. The van der Waals surface area contributed by atoms with Gasteiger partial charge in [0.15, 0.2) is 0 Å². The molecule has 19 heavy (non-hydrogen) atoms. The Morgan fingerprint density at radius 3 is 2.32 bits per heavy atom. The molecule has 0 aromatic rings. The van der Waals surface area contributed by atoms with E-state index in [2.05, 4.69) is 37.9 Å². The quantitative estimate of drug-likeness (QED) is 0.791. The highest BCUT2D eigenvalue weighted by molar-refractivity contribution is 5.79. The topological polar surface area (TPSA) is 32.3 Å². The number of nitrogens with one attached hydrogen (secondary N) is 1. The minimum Gasteiger partial charge on any atom is -0.342 e. The number of hydrogen-bond donors (Lipinski definition) is 1. The number of carbonyl (C=O) groups is 1. The highest BCUT2D eigenvalue weighted by Gasteiger charge is 2.33. The van der Waals surface area contributed by atoms with E-state index in [9.17, 15) is 4.79 Å². The van der Waals surface area contributed by atoms with Crippen LogP contribution in [0.5, 0.6) is 0 Å². The standard InChI is InChI=1S/C16H30N2O/c1-12-11-13(5-8-17-12)15(19)18-9-6-14(7-10-18)16(2,3)4/h12-14,17H,5-11H2,1-4H3. The van der Waals surface area contributed by atoms with Crippen LogP contribution < -0.4 is 5.32 Å². The second kappa shape index (κ2) is 5.82. The Morgan fingerprint density at radius 2 is 1.79 bits per heavy atom. The Morgan fingerprint density at radius 1 is 1.16 bits per heavy atom. The average Bonchev–Trinajstić information content (AvgIpc) is 2.37. The molecule has 2 unspecified atom stereocenters. The van der Waals surface area contributed by atoms with Crippen molar-refractivity contribution in [3.8, 4) is 0 Å². The van der Waals surface area contributed by atoms with Crippen LogP contribution in [-0.2, 0) is 4.79 Å². The number of nitrogens with zero attached hydrogens (tertiary/aromatic N) is 1. The lowest BCUT2D eigenvalue weighted by molar-refractivity contribution is -0.138. The van der Waals surface area contributed by atoms with Crippen LogP contribution in [0, 0.1) is 17.3 Å². The van der Waals surface area contributed by atoms with E-state index in [0.717, 1.165) is 38.4 Å². The molecule has 2 aliphatic heterocycles. The largest absolute Gasteiger partial charge is 0.342 e. The van der Waals surface area contributed by atoms with Gasteiger partial charge in [-0.3, -0.25) is 4.79 Å². The summed E-state index contributed by atoms with van der Waals surface area (Å²) in [7, 11) is 0. The van der Waals surface area contributed by atoms with E-state index in [1.54, 1.807) is 0 Å². The number of hydrogen-bond acceptors (Lipinski definition) is 2. The monoisotopic (exact) mass is 266 g/mol. The van der Waals surface area contributed by atoms with E-state index in [1.807, 2.05) is 0 Å². The van der Waals surface area contributed by atoms with E-state index in [-0.39, 0.29) is 5.92 Å². The zero-order valence-electron chi connectivity index (χ0n) is 13.0. The molecular formula is C16H30N2O. The highest BCUT2D eigenvalue weighted by atomic mass is 16.2. The zero-order valence-corrected chi connectivity index (χ0v) is 13.0. The molecule has 0 radical (unpaired) electrons. The van der Waals surface area contributed by atoms with Crippen LogP contribution in [0.2, 0.25) is 0 Å². The minimum absolute atomic E-state index is 0.266. The zero-order chi connectivity index (χ0) is 14.0. The predicted octanol–water partition coefficient (Wildman–Crippen LogP) is 2.66. The van der Waals surface area contributed by atoms with Crippen LogP contribution in [0.4, 0.5) is 0 Å². The Hall–Kier alpha value is -0.570. The molecular weight excluding hydrogens is 236 g/mol. The SMILES string of the molecule is CC1CC(C(=O)N2CCC(C(C)(C)C)CC2)CCN1. The summed E-state index contributed by atoms with van der Waals surface area (Å²) in [6, 6.07) is 0.495. The van der Waals surface area contributed by atoms with Gasteiger partial charge in [0.25, 0.3) is 0 Å². The van der Waals surface area contributed by atoms with Crippen molar-refractivity contribution < 1.29 is 4.79 Å². The molecule has 110 valence electrons. The molecule has 2 rings (SSSR count). The smallest absolute Gasteiger partial charge is 0.225 e. The van der Waals surface area contributed by atoms with Crippen LogP contribution in [0.1, 0.15) is 53.4 Å². The molecule has 2 atom stereocenters. The fraction of sp³-hybridized carbons (Fsp3) is 0.938. The number of amides is 1. The summed E-state index contributed by atoms with van der Waals surface area (Å²) in [5.74, 6) is 1.45. The molecule has 1 N–H and O–H groups in total. The van der Waals surface area contributed by atoms with E-state index in [4.69, 9.17) is 0 Å². The van der Waals surface area contributed by atoms with Crippen molar-refractivity contribution in [2.75, 3.05) is 19.6 Å². The van der Waals surface area contributed by atoms with Crippen LogP contribution >= 0.6 is 0 Å². The first kappa shape index (κ1) is 14.8. The third kappa shape index (κ3) is 3.71. The Bertz CT molecular complexity index is 313. The van der Waals surface area contributed by atoms with Crippen LogP contribution in [0.25, 0.3) is 0 Å². The van der Waals surface area contributed by atoms with Crippen molar-refractivity contribution in [1.29, 1.82) is 0 Å². The van der Waals surface area contributed by atoms with Crippen LogP contribution in [-0.4, -0.2) is 36.5 Å². The molecule has 0 aromatic carbocycles. The van der Waals surface area contributed by atoms with E-state index < -0.39 is 0 Å². The molecule has 2 fully saturated rings. The molecule has 1 amide bonds. The predicted molar refractivity (Wildman–Crippen MR) is 78.9 cm³/mol. The third-order valence-electron chi connectivity index (χ3n) is 5.00. The summed E-state index contributed by atoms with van der Waals surface area (Å²) in [4.78, 5) is 14.7. The van der Waals surface area contributed by atoms with Crippen LogP contribution in [0.15, 0.2) is 0 Å². The highest BCUT2D eigenvalue weighted by Crippen LogP contribution is 2.35. The fourth-order valence-corrected chi connectivity index (χ4v) is 3.58. The summed E-state index contributed by atoms with van der Waals surface area (Å²) in [5.41, 5.74) is 0.387. The number of likely N-dealkylation sites (tertiary alicyclic amines) is 1. The molecule has 2 saturated heterocycles. The molecule has 0 aromatic heterocycles. The van der Waals surface area contributed by atoms with Gasteiger partial charge in [0, 0.05) is 25.0 Å². The van der Waals surface area contributed by atoms with Crippen molar-refractivity contribution in [2.24, 2.45) is 17.3 Å². The van der Waals surface area contributed by atoms with Gasteiger partial charge in [-0.25, -0.2) is 0 Å². The maximum Gasteiger partial charge on any atom is 0.225 e. The van der Waals surface area contributed by atoms with Crippen molar-refractivity contribution in [2.45, 2.75) is 59.4 Å². The van der Waals surface area contributed by atoms with Gasteiger partial charge in [-0.2, -0.15) is 0 Å². The van der Waals surface area contributed by atoms with Gasteiger partial charge in [-0.05, 0) is 50.5 Å². The van der Waals surface area contributed by atoms with E-state index >= 15 is 0 Å². The summed E-state index contributed by atoms with van der Waals surface area (Å²) in [5, 5.41) is 3.43. The lowest BCUT2D eigenvalue weighted by Crippen LogP contribution is -2.47. The van der Waals surface area contributed by atoms with Gasteiger partial charge < -0.3 is 10.2 Å². The van der Waals surface area contributed by atoms with Gasteiger partial charge >= 0.3 is 0 Å². The first-order chi connectivity index (χ1) is 8.88. The van der Waals surface area contributed by atoms with E-state index in [1.165, 1.54) is 12.8 Å². The van der Waals surface area contributed by atoms with Crippen molar-refractivity contribution in [3.63, 3.8) is 0 Å². The normalized spacial score (nSPS) is 30.4. The molecule has 2 heterocycles. The molecule has 3 heteroatoms. The first-order valence-corrected chi connectivity index (χ1v) is 7.90. The van der Waals surface area contributed by atoms with Gasteiger partial charge in [0.05, 0.1) is 0 Å². The third-order valence-corrected chi connectivity index (χ3v) is 5.00. The minimum atomic E-state index is 0.266. The summed E-state index contributed by atoms with van der Waals surface area (Å²) >= 11 is 0. The maximum atomic E-state index is 12.6. The fourth-order valence-electron chi connectivity index (χ4n) is 3.58. The van der Waals surface area contributed by atoms with Gasteiger partial charge in [-0.15, -0.1) is 0 Å². The Labute approximate surface area is 118 Å². The average molecular weight is 266 g/mol. The molecule has 0 aliphatic carbocycles. The molecule has 3 nitrogen and oxygen atoms in total. The van der Waals surface area contributed by atoms with Crippen molar-refractivity contribution in [1.82, 2.24) is 10.2 Å². The lowest BCUT2D eigenvalue weighted by Gasteiger charge is -2.40. The van der Waals surface area contributed by atoms with Gasteiger partial charge in [0.2, 0.25) is 5.91 Å². The number of carbonyl (C=O) groups excluding carboxylic acids is 1. The molecule has 0 saturated carbocycles. The lowest BCUT2D eigenvalue weighted by atomic mass is 9.75. The van der Waals surface area contributed by atoms with Crippen molar-refractivity contribution >= 4 is 5.91 Å². The second-order valence-corrected chi connectivity index (χ2v) is 7.54. The Kier molecular flexibility index (Phi) is 4.54. The molecule has 2 aliphatic rings. The summed E-state index contributed by atoms with van der Waals surface area (Å²) < 4.78 is 0. The van der Waals surface area contributed by atoms with Crippen molar-refractivity contribution in [3.05, 3.63) is 0 Å². The first-order valence-electron chi connectivity index (χ1n) is 7.90. The van der Waals surface area contributed by atoms with Crippen LogP contribution in [0.3, 0.4) is 0 Å². The summed E-state index contributed by atoms with van der Waals surface area (Å²) in [6.07, 6.45) is 4.38. The van der Waals surface area contributed by atoms with Gasteiger partial charge in [0.1, 0.15) is 0 Å². The summed E-state index contributed by atoms with van der Waals surface area (Å²) in [6.45, 7) is 12.1. The van der Waals surface area contributed by atoms with Gasteiger partial charge in [-0.1, -0.05) is 20.8 Å². The molecule has 0 spiro atoms. The second-order valence-electron chi connectivity index (χ2n) is 7.54. The van der Waals surface area contributed by atoms with E-state index in [0.29, 0.717) is 17.4 Å².